The Hall–Kier alpha value is -1.84. The minimum atomic E-state index is -0.0634. The first-order valence-corrected chi connectivity index (χ1v) is 4.36. The quantitative estimate of drug-likeness (QED) is 0.739. The van der Waals surface area contributed by atoms with Crippen molar-refractivity contribution >= 4 is 22.5 Å². The van der Waals surface area contributed by atoms with Crippen molar-refractivity contribution < 1.29 is 4.79 Å². The summed E-state index contributed by atoms with van der Waals surface area (Å²) >= 11 is 0. The molecule has 2 aromatic rings. The molecule has 1 aromatic carbocycles. The normalized spacial score (nSPS) is 10.4. The summed E-state index contributed by atoms with van der Waals surface area (Å²) in [4.78, 5) is 10.8. The molecular weight excluding hydrogens is 178 g/mol. The molecule has 0 spiro atoms. The van der Waals surface area contributed by atoms with Crippen LogP contribution < -0.4 is 5.32 Å². The predicted octanol–water partition coefficient (Wildman–Crippen LogP) is 1.53. The second-order valence-electron chi connectivity index (χ2n) is 3.22. The van der Waals surface area contributed by atoms with Crippen molar-refractivity contribution in [3.8, 4) is 0 Å². The topological polar surface area (TPSA) is 46.9 Å². The largest absolute Gasteiger partial charge is 0.326 e. The van der Waals surface area contributed by atoms with Gasteiger partial charge in [0.1, 0.15) is 0 Å². The van der Waals surface area contributed by atoms with Gasteiger partial charge in [-0.15, -0.1) is 0 Å². The molecule has 0 aliphatic heterocycles. The zero-order valence-electron chi connectivity index (χ0n) is 8.11. The monoisotopic (exact) mass is 189 g/mol. The minimum absolute atomic E-state index is 0.0634. The van der Waals surface area contributed by atoms with Crippen LogP contribution >= 0.6 is 0 Å². The highest BCUT2D eigenvalue weighted by Crippen LogP contribution is 2.17. The summed E-state index contributed by atoms with van der Waals surface area (Å²) in [6.45, 7) is 1.49. The Morgan fingerprint density at radius 1 is 1.50 bits per heavy atom. The number of amides is 1. The van der Waals surface area contributed by atoms with Gasteiger partial charge in [-0.1, -0.05) is 0 Å². The van der Waals surface area contributed by atoms with Gasteiger partial charge in [-0.3, -0.25) is 9.48 Å². The molecule has 4 heteroatoms. The van der Waals surface area contributed by atoms with Crippen LogP contribution in [-0.2, 0) is 11.8 Å². The maximum Gasteiger partial charge on any atom is 0.221 e. The molecule has 4 nitrogen and oxygen atoms in total. The van der Waals surface area contributed by atoms with E-state index in [-0.39, 0.29) is 5.91 Å². The lowest BCUT2D eigenvalue weighted by Crippen LogP contribution is -2.05. The molecule has 0 fully saturated rings. The molecule has 0 atom stereocenters. The number of fused-ring (bicyclic) bond motifs is 1. The number of nitrogens with one attached hydrogen (secondary N) is 1. The molecule has 72 valence electrons. The molecule has 0 saturated carbocycles. The van der Waals surface area contributed by atoms with Crippen LogP contribution in [0, 0.1) is 0 Å². The lowest BCUT2D eigenvalue weighted by molar-refractivity contribution is -0.114. The molecule has 2 rings (SSSR count). The second kappa shape index (κ2) is 3.14. The van der Waals surface area contributed by atoms with E-state index in [2.05, 4.69) is 10.4 Å². The third kappa shape index (κ3) is 1.46. The molecule has 0 aliphatic rings. The van der Waals surface area contributed by atoms with E-state index in [0.717, 1.165) is 16.6 Å². The van der Waals surface area contributed by atoms with E-state index < -0.39 is 0 Å². The summed E-state index contributed by atoms with van der Waals surface area (Å²) in [5.41, 5.74) is 1.81. The molecule has 0 bridgehead atoms. The van der Waals surface area contributed by atoms with Gasteiger partial charge in [0, 0.05) is 25.0 Å². The highest BCUT2D eigenvalue weighted by Gasteiger charge is 2.01. The van der Waals surface area contributed by atoms with Crippen LogP contribution in [0.2, 0.25) is 0 Å². The van der Waals surface area contributed by atoms with Crippen molar-refractivity contribution in [3.63, 3.8) is 0 Å². The number of rotatable bonds is 1. The standard InChI is InChI=1S/C10H11N3O/c1-7(14)12-9-4-3-8-6-11-13(2)10(8)5-9/h3-6H,1-2H3,(H,12,14). The first-order valence-electron chi connectivity index (χ1n) is 4.36. The summed E-state index contributed by atoms with van der Waals surface area (Å²) in [6, 6.07) is 5.71. The fraction of sp³-hybridized carbons (Fsp3) is 0.200. The third-order valence-electron chi connectivity index (χ3n) is 2.07. The van der Waals surface area contributed by atoms with E-state index in [1.54, 1.807) is 10.9 Å². The van der Waals surface area contributed by atoms with E-state index in [1.165, 1.54) is 6.92 Å². The summed E-state index contributed by atoms with van der Waals surface area (Å²) in [5, 5.41) is 7.92. The third-order valence-corrected chi connectivity index (χ3v) is 2.07. The van der Waals surface area contributed by atoms with Gasteiger partial charge in [0.2, 0.25) is 5.91 Å². The van der Waals surface area contributed by atoms with Crippen molar-refractivity contribution in [1.29, 1.82) is 0 Å². The average molecular weight is 189 g/mol. The lowest BCUT2D eigenvalue weighted by atomic mass is 10.2. The van der Waals surface area contributed by atoms with Crippen LogP contribution in [-0.4, -0.2) is 15.7 Å². The van der Waals surface area contributed by atoms with Crippen LogP contribution in [0.25, 0.3) is 10.9 Å². The predicted molar refractivity (Wildman–Crippen MR) is 55.0 cm³/mol. The maximum absolute atomic E-state index is 10.8. The van der Waals surface area contributed by atoms with Crippen molar-refractivity contribution in [1.82, 2.24) is 9.78 Å². The summed E-state index contributed by atoms with van der Waals surface area (Å²) in [6.07, 6.45) is 1.80. The molecule has 14 heavy (non-hydrogen) atoms. The molecule has 0 saturated heterocycles. The van der Waals surface area contributed by atoms with Gasteiger partial charge < -0.3 is 5.32 Å². The van der Waals surface area contributed by atoms with Crippen LogP contribution in [0.4, 0.5) is 5.69 Å². The smallest absolute Gasteiger partial charge is 0.221 e. The van der Waals surface area contributed by atoms with Gasteiger partial charge in [0.15, 0.2) is 0 Å². The van der Waals surface area contributed by atoms with Gasteiger partial charge in [-0.2, -0.15) is 5.10 Å². The van der Waals surface area contributed by atoms with E-state index in [4.69, 9.17) is 0 Å². The Bertz CT molecular complexity index is 487. The first kappa shape index (κ1) is 8.74. The van der Waals surface area contributed by atoms with Crippen LogP contribution in [0.15, 0.2) is 24.4 Å². The van der Waals surface area contributed by atoms with Crippen LogP contribution in [0.5, 0.6) is 0 Å². The summed E-state index contributed by atoms with van der Waals surface area (Å²) < 4.78 is 1.78. The zero-order valence-corrected chi connectivity index (χ0v) is 8.11. The zero-order chi connectivity index (χ0) is 10.1. The Morgan fingerprint density at radius 3 is 3.00 bits per heavy atom. The molecule has 1 amide bonds. The molecular formula is C10H11N3O. The Morgan fingerprint density at radius 2 is 2.29 bits per heavy atom. The summed E-state index contributed by atoms with van der Waals surface area (Å²) in [5.74, 6) is -0.0634. The van der Waals surface area contributed by atoms with E-state index in [1.807, 2.05) is 25.2 Å². The van der Waals surface area contributed by atoms with Crippen molar-refractivity contribution in [2.75, 3.05) is 5.32 Å². The SMILES string of the molecule is CC(=O)Nc1ccc2cnn(C)c2c1. The number of carbonyl (C=O) groups excluding carboxylic acids is 1. The number of benzene rings is 1. The first-order chi connectivity index (χ1) is 6.66. The van der Waals surface area contributed by atoms with Gasteiger partial charge >= 0.3 is 0 Å². The minimum Gasteiger partial charge on any atom is -0.326 e. The average Bonchev–Trinajstić information content (AvgIpc) is 2.47. The summed E-state index contributed by atoms with van der Waals surface area (Å²) in [7, 11) is 1.87. The van der Waals surface area contributed by atoms with Crippen LogP contribution in [0.3, 0.4) is 0 Å². The molecule has 1 N–H and O–H groups in total. The van der Waals surface area contributed by atoms with Crippen molar-refractivity contribution in [2.24, 2.45) is 7.05 Å². The number of anilines is 1. The molecule has 0 aliphatic carbocycles. The number of hydrogen-bond donors (Lipinski definition) is 1. The highest BCUT2D eigenvalue weighted by molar-refractivity contribution is 5.92. The fourth-order valence-electron chi connectivity index (χ4n) is 1.43. The molecule has 0 radical (unpaired) electrons. The second-order valence-corrected chi connectivity index (χ2v) is 3.22. The molecule has 0 unspecified atom stereocenters. The van der Waals surface area contributed by atoms with E-state index >= 15 is 0 Å². The number of aromatic nitrogens is 2. The van der Waals surface area contributed by atoms with Crippen molar-refractivity contribution in [2.45, 2.75) is 6.92 Å². The van der Waals surface area contributed by atoms with Gasteiger partial charge in [-0.05, 0) is 18.2 Å². The Kier molecular flexibility index (Phi) is 1.96. The fourth-order valence-corrected chi connectivity index (χ4v) is 1.43. The number of carbonyl (C=O) groups is 1. The van der Waals surface area contributed by atoms with Gasteiger partial charge in [0.05, 0.1) is 11.7 Å². The van der Waals surface area contributed by atoms with Crippen LogP contribution in [0.1, 0.15) is 6.92 Å². The number of nitrogens with zero attached hydrogens (tertiary/aromatic N) is 2. The van der Waals surface area contributed by atoms with Gasteiger partial charge in [0.25, 0.3) is 0 Å². The lowest BCUT2D eigenvalue weighted by Gasteiger charge is -2.02. The Balaban J connectivity index is 2.49. The van der Waals surface area contributed by atoms with E-state index in [0.29, 0.717) is 0 Å². The Labute approximate surface area is 81.5 Å². The maximum atomic E-state index is 10.8. The number of hydrogen-bond acceptors (Lipinski definition) is 2. The van der Waals surface area contributed by atoms with Crippen molar-refractivity contribution in [3.05, 3.63) is 24.4 Å². The van der Waals surface area contributed by atoms with Gasteiger partial charge in [-0.25, -0.2) is 0 Å². The molecule has 1 aromatic heterocycles. The van der Waals surface area contributed by atoms with E-state index in [9.17, 15) is 4.79 Å². The highest BCUT2D eigenvalue weighted by atomic mass is 16.1. The number of aryl methyl sites for hydroxylation is 1. The molecule has 1 heterocycles.